The molecule has 0 atom stereocenters. The molecule has 6 heteroatoms. The minimum Gasteiger partial charge on any atom is -0.380 e. The van der Waals surface area contributed by atoms with Crippen LogP contribution in [0, 0.1) is 10.1 Å². The molecule has 0 amide bonds. The summed E-state index contributed by atoms with van der Waals surface area (Å²) in [5.74, 6) is 0. The van der Waals surface area contributed by atoms with Gasteiger partial charge < -0.3 is 10.1 Å². The molecule has 0 aliphatic rings. The van der Waals surface area contributed by atoms with Crippen molar-refractivity contribution >= 4 is 27.3 Å². The molecule has 0 aromatic heterocycles. The minimum atomic E-state index is -0.367. The Balaban J connectivity index is 2.21. The molecule has 0 heterocycles. The van der Waals surface area contributed by atoms with E-state index in [1.165, 1.54) is 6.07 Å². The van der Waals surface area contributed by atoms with Crippen LogP contribution in [0.4, 0.5) is 11.4 Å². The summed E-state index contributed by atoms with van der Waals surface area (Å²) in [7, 11) is 1.63. The monoisotopic (exact) mass is 350 g/mol. The molecule has 1 N–H and O–H groups in total. The number of halogens is 1. The van der Waals surface area contributed by atoms with Gasteiger partial charge in [0.2, 0.25) is 0 Å². The van der Waals surface area contributed by atoms with Crippen LogP contribution in [0.3, 0.4) is 0 Å². The third-order valence-electron chi connectivity index (χ3n) is 3.07. The van der Waals surface area contributed by atoms with Gasteiger partial charge in [-0.3, -0.25) is 10.1 Å². The highest BCUT2D eigenvalue weighted by Crippen LogP contribution is 2.27. The molecule has 0 aliphatic carbocycles. The van der Waals surface area contributed by atoms with Crippen LogP contribution in [-0.2, 0) is 17.9 Å². The first kappa shape index (κ1) is 15.5. The Labute approximate surface area is 131 Å². The van der Waals surface area contributed by atoms with Crippen LogP contribution in [-0.4, -0.2) is 12.0 Å². The second kappa shape index (κ2) is 7.19. The van der Waals surface area contributed by atoms with Crippen molar-refractivity contribution in [3.63, 3.8) is 0 Å². The average molecular weight is 351 g/mol. The van der Waals surface area contributed by atoms with E-state index in [1.54, 1.807) is 25.3 Å². The van der Waals surface area contributed by atoms with E-state index in [1.807, 2.05) is 18.2 Å². The van der Waals surface area contributed by atoms with Crippen molar-refractivity contribution in [3.8, 4) is 0 Å². The molecule has 0 fully saturated rings. The van der Waals surface area contributed by atoms with Gasteiger partial charge in [-0.15, -0.1) is 0 Å². The van der Waals surface area contributed by atoms with Crippen molar-refractivity contribution < 1.29 is 9.66 Å². The highest BCUT2D eigenvalue weighted by Gasteiger charge is 2.13. The maximum absolute atomic E-state index is 11.0. The number of nitrogens with zero attached hydrogens (tertiary/aromatic N) is 1. The lowest BCUT2D eigenvalue weighted by atomic mass is 10.1. The number of hydrogen-bond donors (Lipinski definition) is 1. The van der Waals surface area contributed by atoms with Gasteiger partial charge >= 0.3 is 0 Å². The zero-order valence-corrected chi connectivity index (χ0v) is 13.1. The van der Waals surface area contributed by atoms with E-state index < -0.39 is 0 Å². The van der Waals surface area contributed by atoms with Gasteiger partial charge in [0.15, 0.2) is 0 Å². The lowest BCUT2D eigenvalue weighted by molar-refractivity contribution is -0.385. The van der Waals surface area contributed by atoms with Gasteiger partial charge in [-0.2, -0.15) is 0 Å². The number of nitrogens with one attached hydrogen (secondary N) is 1. The fraction of sp³-hybridized carbons (Fsp3) is 0.200. The third-order valence-corrected chi connectivity index (χ3v) is 3.81. The molecule has 2 aromatic rings. The first-order chi connectivity index (χ1) is 10.1. The summed E-state index contributed by atoms with van der Waals surface area (Å²) in [6, 6.07) is 12.5. The zero-order valence-electron chi connectivity index (χ0n) is 11.5. The summed E-state index contributed by atoms with van der Waals surface area (Å²) in [4.78, 5) is 10.6. The number of methoxy groups -OCH3 is 1. The van der Waals surface area contributed by atoms with Gasteiger partial charge in [0.25, 0.3) is 5.69 Å². The number of nitro groups is 1. The summed E-state index contributed by atoms with van der Waals surface area (Å²) < 4.78 is 6.13. The van der Waals surface area contributed by atoms with Crippen molar-refractivity contribution in [1.29, 1.82) is 0 Å². The van der Waals surface area contributed by atoms with Crippen LogP contribution in [0.5, 0.6) is 0 Å². The Morgan fingerprint density at radius 2 is 2.00 bits per heavy atom. The maximum Gasteiger partial charge on any atom is 0.274 e. The van der Waals surface area contributed by atoms with Crippen molar-refractivity contribution in [2.45, 2.75) is 13.2 Å². The second-order valence-electron chi connectivity index (χ2n) is 4.44. The van der Waals surface area contributed by atoms with Crippen molar-refractivity contribution in [3.05, 3.63) is 68.2 Å². The maximum atomic E-state index is 11.0. The molecule has 21 heavy (non-hydrogen) atoms. The van der Waals surface area contributed by atoms with Crippen LogP contribution in [0.2, 0.25) is 0 Å². The fourth-order valence-electron chi connectivity index (χ4n) is 2.04. The van der Waals surface area contributed by atoms with Gasteiger partial charge in [0, 0.05) is 41.0 Å². The number of hydrogen-bond acceptors (Lipinski definition) is 4. The Morgan fingerprint density at radius 1 is 1.24 bits per heavy atom. The number of para-hydroxylation sites is 1. The van der Waals surface area contributed by atoms with E-state index >= 15 is 0 Å². The highest BCUT2D eigenvalue weighted by atomic mass is 79.9. The average Bonchev–Trinajstić information content (AvgIpc) is 2.48. The molecule has 0 radical (unpaired) electrons. The standard InChI is InChI=1S/C15H15BrN2O3/c1-21-10-12-13(16)6-4-7-14(12)17-9-11-5-2-3-8-15(11)18(19)20/h2-8,17H,9-10H2,1H3. The normalized spacial score (nSPS) is 10.4. The van der Waals surface area contributed by atoms with Crippen molar-refractivity contribution in [1.82, 2.24) is 0 Å². The van der Waals surface area contributed by atoms with Crippen molar-refractivity contribution in [2.75, 3.05) is 12.4 Å². The number of benzene rings is 2. The second-order valence-corrected chi connectivity index (χ2v) is 5.29. The SMILES string of the molecule is COCc1c(Br)cccc1NCc1ccccc1[N+](=O)[O-]. The molecule has 0 saturated carbocycles. The number of ether oxygens (including phenoxy) is 1. The molecule has 0 spiro atoms. The summed E-state index contributed by atoms with van der Waals surface area (Å²) >= 11 is 3.48. The van der Waals surface area contributed by atoms with Crippen molar-refractivity contribution in [2.24, 2.45) is 0 Å². The molecule has 5 nitrogen and oxygen atoms in total. The largest absolute Gasteiger partial charge is 0.380 e. The lowest BCUT2D eigenvalue weighted by Crippen LogP contribution is -2.05. The van der Waals surface area contributed by atoms with Crippen LogP contribution in [0.15, 0.2) is 46.9 Å². The Bertz CT molecular complexity index is 647. The lowest BCUT2D eigenvalue weighted by Gasteiger charge is -2.13. The van der Waals surface area contributed by atoms with E-state index in [0.29, 0.717) is 18.7 Å². The highest BCUT2D eigenvalue weighted by molar-refractivity contribution is 9.10. The Kier molecular flexibility index (Phi) is 5.30. The summed E-state index contributed by atoms with van der Waals surface area (Å²) in [6.45, 7) is 0.838. The first-order valence-electron chi connectivity index (χ1n) is 6.36. The molecule has 0 aliphatic heterocycles. The van der Waals surface area contributed by atoms with E-state index in [-0.39, 0.29) is 10.6 Å². The smallest absolute Gasteiger partial charge is 0.274 e. The number of rotatable bonds is 6. The summed E-state index contributed by atoms with van der Waals surface area (Å²) in [6.07, 6.45) is 0. The van der Waals surface area contributed by atoms with E-state index in [2.05, 4.69) is 21.2 Å². The van der Waals surface area contributed by atoms with Crippen LogP contribution in [0.1, 0.15) is 11.1 Å². The van der Waals surface area contributed by atoms with E-state index in [4.69, 9.17) is 4.74 Å². The van der Waals surface area contributed by atoms with Crippen LogP contribution >= 0.6 is 15.9 Å². The van der Waals surface area contributed by atoms with Gasteiger partial charge in [-0.1, -0.05) is 40.2 Å². The molecule has 110 valence electrons. The fourth-order valence-corrected chi connectivity index (χ4v) is 2.52. The summed E-state index contributed by atoms with van der Waals surface area (Å²) in [5.41, 5.74) is 2.64. The predicted molar refractivity (Wildman–Crippen MR) is 85.3 cm³/mol. The molecule has 0 saturated heterocycles. The Hall–Kier alpha value is -1.92. The molecule has 0 unspecified atom stereocenters. The Morgan fingerprint density at radius 3 is 2.71 bits per heavy atom. The van der Waals surface area contributed by atoms with Crippen LogP contribution in [0.25, 0.3) is 0 Å². The quantitative estimate of drug-likeness (QED) is 0.628. The number of anilines is 1. The van der Waals surface area contributed by atoms with Gasteiger partial charge in [0.05, 0.1) is 11.5 Å². The topological polar surface area (TPSA) is 64.4 Å². The number of nitro benzene ring substituents is 1. The molecule has 2 aromatic carbocycles. The van der Waals surface area contributed by atoms with Crippen LogP contribution < -0.4 is 5.32 Å². The molecule has 2 rings (SSSR count). The minimum absolute atomic E-state index is 0.119. The summed E-state index contributed by atoms with van der Waals surface area (Å²) in [5, 5.41) is 14.2. The van der Waals surface area contributed by atoms with E-state index in [9.17, 15) is 10.1 Å². The predicted octanol–water partition coefficient (Wildman–Crippen LogP) is 4.12. The van der Waals surface area contributed by atoms with Gasteiger partial charge in [0.1, 0.15) is 0 Å². The first-order valence-corrected chi connectivity index (χ1v) is 7.15. The van der Waals surface area contributed by atoms with Gasteiger partial charge in [-0.25, -0.2) is 0 Å². The molecular formula is C15H15BrN2O3. The zero-order chi connectivity index (χ0) is 15.2. The van der Waals surface area contributed by atoms with Gasteiger partial charge in [-0.05, 0) is 12.1 Å². The van der Waals surface area contributed by atoms with E-state index in [0.717, 1.165) is 15.7 Å². The molecule has 0 bridgehead atoms. The third kappa shape index (κ3) is 3.80. The molecular weight excluding hydrogens is 336 g/mol.